The first-order chi connectivity index (χ1) is 9.08. The number of anilines is 1. The van der Waals surface area contributed by atoms with Crippen molar-refractivity contribution in [3.8, 4) is 5.75 Å². The fraction of sp³-hybridized carbons (Fsp3) is 0.357. The molecule has 1 aromatic carbocycles. The van der Waals surface area contributed by atoms with Crippen molar-refractivity contribution in [2.45, 2.75) is 13.8 Å². The van der Waals surface area contributed by atoms with Crippen LogP contribution in [0.2, 0.25) is 5.02 Å². The van der Waals surface area contributed by atoms with E-state index in [1.807, 2.05) is 13.0 Å². The number of carbonyl (C=O) groups excluding carboxylic acids is 1. The molecule has 0 saturated carbocycles. The number of methoxy groups -OCH3 is 1. The van der Waals surface area contributed by atoms with Crippen LogP contribution in [0.25, 0.3) is 0 Å². The maximum atomic E-state index is 11.1. The lowest BCUT2D eigenvalue weighted by Gasteiger charge is -2.11. The number of nitrogens with one attached hydrogen (secondary N) is 1. The first-order valence-electron chi connectivity index (χ1n) is 5.99. The molecule has 0 aliphatic heterocycles. The molecule has 1 aromatic rings. The molecule has 0 spiro atoms. The minimum Gasteiger partial charge on any atom is -0.495 e. The van der Waals surface area contributed by atoms with E-state index >= 15 is 0 Å². The summed E-state index contributed by atoms with van der Waals surface area (Å²) in [5.41, 5.74) is 1.79. The molecule has 1 rings (SSSR count). The number of ether oxygens (including phenoxy) is 2. The van der Waals surface area contributed by atoms with Gasteiger partial charge in [-0.2, -0.15) is 0 Å². The molecule has 0 saturated heterocycles. The summed E-state index contributed by atoms with van der Waals surface area (Å²) in [5.74, 6) is 0.323. The van der Waals surface area contributed by atoms with Gasteiger partial charge in [0, 0.05) is 23.7 Å². The molecule has 0 aromatic heterocycles. The molecule has 0 unspecified atom stereocenters. The quantitative estimate of drug-likeness (QED) is 0.643. The predicted octanol–water partition coefficient (Wildman–Crippen LogP) is 3.19. The Morgan fingerprint density at radius 2 is 2.21 bits per heavy atom. The van der Waals surface area contributed by atoms with Crippen LogP contribution in [0.4, 0.5) is 5.69 Å². The molecule has 1 N–H and O–H groups in total. The predicted molar refractivity (Wildman–Crippen MR) is 77.0 cm³/mol. The molecule has 0 aliphatic rings. The summed E-state index contributed by atoms with van der Waals surface area (Å²) >= 11 is 6.02. The standard InChI is InChI=1S/C14H18ClNO3/c1-4-19-14(17)6-5-7-16-12-8-10(2)11(15)9-13(12)18-3/h5-6,8-9,16H,4,7H2,1-3H3/b6-5+. The van der Waals surface area contributed by atoms with Gasteiger partial charge in [0.25, 0.3) is 0 Å². The number of carbonyl (C=O) groups is 1. The highest BCUT2D eigenvalue weighted by atomic mass is 35.5. The number of halogens is 1. The van der Waals surface area contributed by atoms with Crippen molar-refractivity contribution < 1.29 is 14.3 Å². The van der Waals surface area contributed by atoms with Gasteiger partial charge in [-0.3, -0.25) is 0 Å². The Bertz CT molecular complexity index is 472. The second kappa shape index (κ2) is 7.69. The van der Waals surface area contributed by atoms with Gasteiger partial charge in [-0.15, -0.1) is 0 Å². The topological polar surface area (TPSA) is 47.6 Å². The number of hydrogen-bond acceptors (Lipinski definition) is 4. The molecule has 0 radical (unpaired) electrons. The Hall–Kier alpha value is -1.68. The summed E-state index contributed by atoms with van der Waals surface area (Å²) in [6.45, 7) is 4.56. The zero-order chi connectivity index (χ0) is 14.3. The van der Waals surface area contributed by atoms with Crippen LogP contribution < -0.4 is 10.1 Å². The first-order valence-corrected chi connectivity index (χ1v) is 6.37. The summed E-state index contributed by atoms with van der Waals surface area (Å²) in [6.07, 6.45) is 3.09. The van der Waals surface area contributed by atoms with E-state index in [4.69, 9.17) is 21.1 Å². The largest absolute Gasteiger partial charge is 0.495 e. The molecule has 19 heavy (non-hydrogen) atoms. The molecule has 4 nitrogen and oxygen atoms in total. The Balaban J connectivity index is 2.62. The summed E-state index contributed by atoms with van der Waals surface area (Å²) < 4.78 is 10.0. The van der Waals surface area contributed by atoms with E-state index in [-0.39, 0.29) is 5.97 Å². The van der Waals surface area contributed by atoms with Gasteiger partial charge in [0.05, 0.1) is 19.4 Å². The molecular formula is C14H18ClNO3. The van der Waals surface area contributed by atoms with Crippen LogP contribution in [0, 0.1) is 6.92 Å². The van der Waals surface area contributed by atoms with Crippen molar-refractivity contribution in [3.63, 3.8) is 0 Å². The number of hydrogen-bond donors (Lipinski definition) is 1. The Labute approximate surface area is 118 Å². The summed E-state index contributed by atoms with van der Waals surface area (Å²) in [6, 6.07) is 3.66. The molecule has 0 aliphatic carbocycles. The van der Waals surface area contributed by atoms with Crippen LogP contribution >= 0.6 is 11.6 Å². The maximum absolute atomic E-state index is 11.1. The molecule has 0 amide bonds. The van der Waals surface area contributed by atoms with Crippen LogP contribution in [-0.2, 0) is 9.53 Å². The van der Waals surface area contributed by atoms with Gasteiger partial charge in [0.2, 0.25) is 0 Å². The van der Waals surface area contributed by atoms with Gasteiger partial charge in [-0.1, -0.05) is 17.7 Å². The molecule has 0 fully saturated rings. The lowest BCUT2D eigenvalue weighted by atomic mass is 10.2. The number of rotatable bonds is 6. The fourth-order valence-corrected chi connectivity index (χ4v) is 1.64. The molecule has 104 valence electrons. The average molecular weight is 284 g/mol. The highest BCUT2D eigenvalue weighted by Gasteiger charge is 2.05. The monoisotopic (exact) mass is 283 g/mol. The summed E-state index contributed by atoms with van der Waals surface area (Å²) in [7, 11) is 1.58. The SMILES string of the molecule is CCOC(=O)/C=C/CNc1cc(C)c(Cl)cc1OC. The van der Waals surface area contributed by atoms with Crippen molar-refractivity contribution in [2.75, 3.05) is 25.6 Å². The Kier molecular flexibility index (Phi) is 6.22. The highest BCUT2D eigenvalue weighted by molar-refractivity contribution is 6.31. The maximum Gasteiger partial charge on any atom is 0.330 e. The van der Waals surface area contributed by atoms with Crippen LogP contribution in [-0.4, -0.2) is 26.2 Å². The fourth-order valence-electron chi connectivity index (χ4n) is 1.48. The van der Waals surface area contributed by atoms with E-state index < -0.39 is 0 Å². The minimum absolute atomic E-state index is 0.344. The van der Waals surface area contributed by atoms with Gasteiger partial charge in [-0.25, -0.2) is 4.79 Å². The smallest absolute Gasteiger partial charge is 0.330 e. The minimum atomic E-state index is -0.344. The van der Waals surface area contributed by atoms with Crippen molar-refractivity contribution in [2.24, 2.45) is 0 Å². The third-order valence-electron chi connectivity index (χ3n) is 2.43. The van der Waals surface area contributed by atoms with E-state index in [0.29, 0.717) is 23.9 Å². The van der Waals surface area contributed by atoms with E-state index in [0.717, 1.165) is 11.3 Å². The molecular weight excluding hydrogens is 266 g/mol. The zero-order valence-corrected chi connectivity index (χ0v) is 12.1. The second-order valence-corrected chi connectivity index (χ2v) is 4.24. The molecule has 5 heteroatoms. The Morgan fingerprint density at radius 1 is 1.47 bits per heavy atom. The van der Waals surface area contributed by atoms with Crippen molar-refractivity contribution in [1.29, 1.82) is 0 Å². The molecule has 0 atom stereocenters. The number of aryl methyl sites for hydroxylation is 1. The van der Waals surface area contributed by atoms with Gasteiger partial charge in [0.1, 0.15) is 5.75 Å². The van der Waals surface area contributed by atoms with Gasteiger partial charge >= 0.3 is 5.97 Å². The van der Waals surface area contributed by atoms with Crippen LogP contribution in [0.3, 0.4) is 0 Å². The number of benzene rings is 1. The van der Waals surface area contributed by atoms with Gasteiger partial charge in [-0.05, 0) is 25.5 Å². The van der Waals surface area contributed by atoms with Crippen molar-refractivity contribution >= 4 is 23.3 Å². The lowest BCUT2D eigenvalue weighted by Crippen LogP contribution is -2.04. The second-order valence-electron chi connectivity index (χ2n) is 3.84. The normalized spacial score (nSPS) is 10.5. The summed E-state index contributed by atoms with van der Waals surface area (Å²) in [5, 5.41) is 3.81. The van der Waals surface area contributed by atoms with E-state index in [1.54, 1.807) is 26.2 Å². The van der Waals surface area contributed by atoms with Crippen LogP contribution in [0.5, 0.6) is 5.75 Å². The zero-order valence-electron chi connectivity index (χ0n) is 11.3. The molecule has 0 heterocycles. The van der Waals surface area contributed by atoms with E-state index in [2.05, 4.69) is 5.32 Å². The summed E-state index contributed by atoms with van der Waals surface area (Å²) in [4.78, 5) is 11.1. The third kappa shape index (κ3) is 4.83. The molecule has 0 bridgehead atoms. The number of esters is 1. The highest BCUT2D eigenvalue weighted by Crippen LogP contribution is 2.30. The van der Waals surface area contributed by atoms with E-state index in [9.17, 15) is 4.79 Å². The third-order valence-corrected chi connectivity index (χ3v) is 2.84. The Morgan fingerprint density at radius 3 is 2.84 bits per heavy atom. The average Bonchev–Trinajstić information content (AvgIpc) is 2.38. The van der Waals surface area contributed by atoms with Gasteiger partial charge in [0.15, 0.2) is 0 Å². The van der Waals surface area contributed by atoms with Gasteiger partial charge < -0.3 is 14.8 Å². The van der Waals surface area contributed by atoms with Crippen LogP contribution in [0.1, 0.15) is 12.5 Å². The first kappa shape index (κ1) is 15.4. The van der Waals surface area contributed by atoms with Crippen molar-refractivity contribution in [1.82, 2.24) is 0 Å². The lowest BCUT2D eigenvalue weighted by molar-refractivity contribution is -0.137. The van der Waals surface area contributed by atoms with Crippen LogP contribution in [0.15, 0.2) is 24.3 Å². The van der Waals surface area contributed by atoms with E-state index in [1.165, 1.54) is 6.08 Å². The van der Waals surface area contributed by atoms with Crippen molar-refractivity contribution in [3.05, 3.63) is 34.9 Å².